The summed E-state index contributed by atoms with van der Waals surface area (Å²) in [5, 5.41) is 0. The third kappa shape index (κ3) is 3.04. The molecule has 0 N–H and O–H groups in total. The van der Waals surface area contributed by atoms with Crippen LogP contribution >= 0.6 is 0 Å². The molecule has 1 fully saturated rings. The molecule has 3 aromatic rings. The van der Waals surface area contributed by atoms with Gasteiger partial charge in [-0.3, -0.25) is 4.90 Å². The van der Waals surface area contributed by atoms with Crippen molar-refractivity contribution in [3.8, 4) is 16.9 Å². The highest BCUT2D eigenvalue weighted by molar-refractivity contribution is 5.67. The zero-order valence-corrected chi connectivity index (χ0v) is 15.8. The molecule has 27 heavy (non-hydrogen) atoms. The van der Waals surface area contributed by atoms with Crippen LogP contribution in [0.1, 0.15) is 41.5 Å². The number of hydrogen-bond donors (Lipinski definition) is 0. The van der Waals surface area contributed by atoms with Crippen molar-refractivity contribution < 1.29 is 4.74 Å². The highest BCUT2D eigenvalue weighted by Gasteiger charge is 2.38. The lowest BCUT2D eigenvalue weighted by molar-refractivity contribution is 0.145. The summed E-state index contributed by atoms with van der Waals surface area (Å²) in [6.07, 6.45) is 2.53. The largest absolute Gasteiger partial charge is 0.497 e. The van der Waals surface area contributed by atoms with Gasteiger partial charge in [-0.05, 0) is 65.3 Å². The third-order valence-corrected chi connectivity index (χ3v) is 6.23. The first kappa shape index (κ1) is 16.6. The van der Waals surface area contributed by atoms with Crippen molar-refractivity contribution in [1.82, 2.24) is 4.90 Å². The van der Waals surface area contributed by atoms with E-state index in [0.717, 1.165) is 12.3 Å². The lowest BCUT2D eigenvalue weighted by Gasteiger charge is -2.33. The van der Waals surface area contributed by atoms with Crippen molar-refractivity contribution in [1.29, 1.82) is 0 Å². The van der Waals surface area contributed by atoms with Crippen LogP contribution in [-0.4, -0.2) is 18.6 Å². The summed E-state index contributed by atoms with van der Waals surface area (Å²) in [5.41, 5.74) is 7.06. The first-order valence-electron chi connectivity index (χ1n) is 9.88. The molecule has 2 heteroatoms. The van der Waals surface area contributed by atoms with Crippen LogP contribution in [0.15, 0.2) is 72.8 Å². The quantitative estimate of drug-likeness (QED) is 0.587. The van der Waals surface area contributed by atoms with Crippen LogP contribution in [0.2, 0.25) is 0 Å². The number of piperidine rings is 1. The number of nitrogens with zero attached hydrogens (tertiary/aromatic N) is 1. The van der Waals surface area contributed by atoms with E-state index in [9.17, 15) is 0 Å². The molecule has 2 nitrogen and oxygen atoms in total. The van der Waals surface area contributed by atoms with E-state index in [0.29, 0.717) is 12.0 Å². The Morgan fingerprint density at radius 2 is 1.74 bits per heavy atom. The predicted molar refractivity (Wildman–Crippen MR) is 110 cm³/mol. The van der Waals surface area contributed by atoms with Crippen LogP contribution in [0.4, 0.5) is 0 Å². The van der Waals surface area contributed by atoms with Crippen molar-refractivity contribution >= 4 is 0 Å². The summed E-state index contributed by atoms with van der Waals surface area (Å²) < 4.78 is 5.40. The summed E-state index contributed by atoms with van der Waals surface area (Å²) in [5.74, 6) is 1.63. The standard InChI is InChI=1S/C25H25NO/c1-27-22-9-5-8-19(14-22)20-10-11-23-24(15-20)21-12-13-26(25(23)16-21)17-18-6-3-2-4-7-18/h2-11,14-15,21,25H,12-13,16-17H2,1H3/t21-,25+/m0/s1. The van der Waals surface area contributed by atoms with Gasteiger partial charge in [-0.25, -0.2) is 0 Å². The minimum absolute atomic E-state index is 0.568. The number of fused-ring (bicyclic) bond motifs is 5. The molecule has 1 heterocycles. The maximum absolute atomic E-state index is 5.40. The Kier molecular flexibility index (Phi) is 4.21. The van der Waals surface area contributed by atoms with Crippen LogP contribution in [0.3, 0.4) is 0 Å². The Labute approximate surface area is 161 Å². The number of rotatable bonds is 4. The van der Waals surface area contributed by atoms with Gasteiger partial charge in [0.25, 0.3) is 0 Å². The monoisotopic (exact) mass is 355 g/mol. The van der Waals surface area contributed by atoms with Gasteiger partial charge in [-0.1, -0.05) is 60.7 Å². The maximum Gasteiger partial charge on any atom is 0.119 e. The summed E-state index contributed by atoms with van der Waals surface area (Å²) in [6, 6.07) is 26.9. The molecule has 2 atom stereocenters. The van der Waals surface area contributed by atoms with Gasteiger partial charge in [0.15, 0.2) is 0 Å². The fourth-order valence-electron chi connectivity index (χ4n) is 4.84. The van der Waals surface area contributed by atoms with Crippen molar-refractivity contribution in [3.63, 3.8) is 0 Å². The molecule has 136 valence electrons. The van der Waals surface area contributed by atoms with E-state index in [-0.39, 0.29) is 0 Å². The molecule has 2 aliphatic rings. The molecule has 0 aromatic heterocycles. The Hall–Kier alpha value is -2.58. The highest BCUT2D eigenvalue weighted by Crippen LogP contribution is 2.50. The molecule has 1 aliphatic carbocycles. The summed E-state index contributed by atoms with van der Waals surface area (Å²) in [6.45, 7) is 2.24. The average molecular weight is 355 g/mol. The lowest BCUT2D eigenvalue weighted by atomic mass is 9.93. The molecule has 0 amide bonds. The molecule has 1 saturated heterocycles. The van der Waals surface area contributed by atoms with Gasteiger partial charge in [-0.15, -0.1) is 0 Å². The lowest BCUT2D eigenvalue weighted by Crippen LogP contribution is -2.31. The van der Waals surface area contributed by atoms with Crippen molar-refractivity contribution in [2.24, 2.45) is 0 Å². The number of hydrogen-bond acceptors (Lipinski definition) is 2. The number of benzene rings is 3. The van der Waals surface area contributed by atoms with Gasteiger partial charge in [0.1, 0.15) is 5.75 Å². The molecule has 0 spiro atoms. The van der Waals surface area contributed by atoms with Crippen LogP contribution in [0.25, 0.3) is 11.1 Å². The predicted octanol–water partition coefficient (Wildman–Crippen LogP) is 5.80. The van der Waals surface area contributed by atoms with E-state index in [1.807, 2.05) is 6.07 Å². The molecular weight excluding hydrogens is 330 g/mol. The minimum atomic E-state index is 0.568. The topological polar surface area (TPSA) is 12.5 Å². The van der Waals surface area contributed by atoms with Gasteiger partial charge in [-0.2, -0.15) is 0 Å². The Morgan fingerprint density at radius 1 is 0.889 bits per heavy atom. The van der Waals surface area contributed by atoms with E-state index >= 15 is 0 Å². The van der Waals surface area contributed by atoms with Crippen LogP contribution in [0, 0.1) is 0 Å². The SMILES string of the molecule is COc1cccc(-c2ccc3c(c2)[C@H]2CCN(Cc4ccccc4)[C@@H]3C2)c1. The van der Waals surface area contributed by atoms with E-state index < -0.39 is 0 Å². The molecule has 5 rings (SSSR count). The Morgan fingerprint density at radius 3 is 2.59 bits per heavy atom. The first-order valence-corrected chi connectivity index (χ1v) is 9.88. The first-order chi connectivity index (χ1) is 13.3. The fourth-order valence-corrected chi connectivity index (χ4v) is 4.84. The van der Waals surface area contributed by atoms with Gasteiger partial charge in [0, 0.05) is 12.6 Å². The normalized spacial score (nSPS) is 21.1. The van der Waals surface area contributed by atoms with Crippen molar-refractivity contribution in [2.75, 3.05) is 13.7 Å². The summed E-state index contributed by atoms with van der Waals surface area (Å²) in [7, 11) is 1.73. The van der Waals surface area contributed by atoms with Crippen LogP contribution < -0.4 is 4.74 Å². The molecule has 0 saturated carbocycles. The van der Waals surface area contributed by atoms with Crippen molar-refractivity contribution in [3.05, 3.63) is 89.5 Å². The van der Waals surface area contributed by atoms with E-state index in [1.165, 1.54) is 36.1 Å². The van der Waals surface area contributed by atoms with Crippen LogP contribution in [-0.2, 0) is 6.54 Å². The third-order valence-electron chi connectivity index (χ3n) is 6.23. The molecule has 1 aliphatic heterocycles. The van der Waals surface area contributed by atoms with E-state index in [4.69, 9.17) is 4.74 Å². The fraction of sp³-hybridized carbons (Fsp3) is 0.280. The smallest absolute Gasteiger partial charge is 0.119 e. The Bertz CT molecular complexity index is 950. The number of methoxy groups -OCH3 is 1. The van der Waals surface area contributed by atoms with Gasteiger partial charge in [0.05, 0.1) is 7.11 Å². The average Bonchev–Trinajstić information content (AvgIpc) is 3.03. The molecule has 2 bridgehead atoms. The molecule has 3 aromatic carbocycles. The van der Waals surface area contributed by atoms with Gasteiger partial charge in [0.2, 0.25) is 0 Å². The molecule has 0 unspecified atom stereocenters. The second kappa shape index (κ2) is 6.86. The number of ether oxygens (including phenoxy) is 1. The highest BCUT2D eigenvalue weighted by atomic mass is 16.5. The second-order valence-corrected chi connectivity index (χ2v) is 7.77. The minimum Gasteiger partial charge on any atom is -0.497 e. The van der Waals surface area contributed by atoms with Gasteiger partial charge < -0.3 is 4.74 Å². The van der Waals surface area contributed by atoms with Crippen molar-refractivity contribution in [2.45, 2.75) is 31.3 Å². The summed E-state index contributed by atoms with van der Waals surface area (Å²) in [4.78, 5) is 2.67. The van der Waals surface area contributed by atoms with E-state index in [2.05, 4.69) is 71.6 Å². The molecular formula is C25H25NO. The summed E-state index contributed by atoms with van der Waals surface area (Å²) >= 11 is 0. The van der Waals surface area contributed by atoms with Crippen LogP contribution in [0.5, 0.6) is 5.75 Å². The van der Waals surface area contributed by atoms with E-state index in [1.54, 1.807) is 18.2 Å². The zero-order valence-electron chi connectivity index (χ0n) is 15.8. The van der Waals surface area contributed by atoms with Gasteiger partial charge >= 0.3 is 0 Å². The maximum atomic E-state index is 5.40. The Balaban J connectivity index is 1.45. The molecule has 0 radical (unpaired) electrons. The number of likely N-dealkylation sites (tertiary alicyclic amines) is 1. The second-order valence-electron chi connectivity index (χ2n) is 7.77. The zero-order chi connectivity index (χ0) is 18.2.